The first-order chi connectivity index (χ1) is 8.55. The van der Waals surface area contributed by atoms with Crippen molar-refractivity contribution >= 4 is 16.1 Å². The minimum atomic E-state index is -3.64. The molecular weight excluding hydrogens is 270 g/mol. The average Bonchev–Trinajstić information content (AvgIpc) is 2.22. The van der Waals surface area contributed by atoms with Gasteiger partial charge in [0.15, 0.2) is 0 Å². The fraction of sp³-hybridized carbons (Fsp3) is 0.750. The van der Waals surface area contributed by atoms with Crippen molar-refractivity contribution in [1.82, 2.24) is 0 Å². The monoisotopic (exact) mass is 294 g/mol. The lowest BCUT2D eigenvalue weighted by atomic mass is 10.3. The lowest BCUT2D eigenvalue weighted by molar-refractivity contribution is -1.08. The SMILES string of the molecule is C=C(C)C(=O)OC(CC)[N+](C)(C)OS(=O)(=O)CCC. The largest absolute Gasteiger partial charge is 0.406 e. The maximum atomic E-state index is 11.7. The fourth-order valence-electron chi connectivity index (χ4n) is 1.50. The molecule has 6 nitrogen and oxygen atoms in total. The third-order valence-electron chi connectivity index (χ3n) is 2.39. The highest BCUT2D eigenvalue weighted by Crippen LogP contribution is 2.18. The third-order valence-corrected chi connectivity index (χ3v) is 3.91. The highest BCUT2D eigenvalue weighted by atomic mass is 32.2. The second-order valence-corrected chi connectivity index (χ2v) is 6.49. The van der Waals surface area contributed by atoms with Crippen molar-refractivity contribution in [3.63, 3.8) is 0 Å². The van der Waals surface area contributed by atoms with Crippen molar-refractivity contribution in [2.24, 2.45) is 0 Å². The Kier molecular flexibility index (Phi) is 6.68. The van der Waals surface area contributed by atoms with Crippen molar-refractivity contribution in [3.8, 4) is 0 Å². The van der Waals surface area contributed by atoms with Crippen LogP contribution in [0.3, 0.4) is 0 Å². The Labute approximate surface area is 115 Å². The van der Waals surface area contributed by atoms with Gasteiger partial charge in [-0.2, -0.15) is 8.42 Å². The van der Waals surface area contributed by atoms with Gasteiger partial charge in [-0.05, 0) is 13.3 Å². The van der Waals surface area contributed by atoms with E-state index >= 15 is 0 Å². The molecule has 19 heavy (non-hydrogen) atoms. The summed E-state index contributed by atoms with van der Waals surface area (Å²) in [5.74, 6) is -0.631. The van der Waals surface area contributed by atoms with E-state index in [1.54, 1.807) is 13.8 Å². The Morgan fingerprint density at radius 1 is 1.32 bits per heavy atom. The van der Waals surface area contributed by atoms with Crippen LogP contribution in [0.15, 0.2) is 12.2 Å². The predicted octanol–water partition coefficient (Wildman–Crippen LogP) is 1.59. The maximum absolute atomic E-state index is 11.7. The second kappa shape index (κ2) is 7.02. The summed E-state index contributed by atoms with van der Waals surface area (Å²) in [7, 11) is -0.572. The van der Waals surface area contributed by atoms with Crippen molar-refractivity contribution in [3.05, 3.63) is 12.2 Å². The summed E-state index contributed by atoms with van der Waals surface area (Å²) in [5.41, 5.74) is 0.259. The van der Waals surface area contributed by atoms with Gasteiger partial charge in [-0.1, -0.05) is 24.7 Å². The van der Waals surface area contributed by atoms with Gasteiger partial charge in [-0.15, -0.1) is 4.65 Å². The molecule has 0 aliphatic heterocycles. The number of rotatable bonds is 8. The predicted molar refractivity (Wildman–Crippen MR) is 72.3 cm³/mol. The molecule has 0 saturated heterocycles. The van der Waals surface area contributed by atoms with Gasteiger partial charge in [0.05, 0.1) is 5.75 Å². The summed E-state index contributed by atoms with van der Waals surface area (Å²) in [6.45, 7) is 8.55. The standard InChI is InChI=1S/C12H24NO5S/c1-7-9-19(15,16)18-13(5,6)11(8-2)17-12(14)10(3)4/h11H,3,7-9H2,1-2,4-6H3/q+1. The molecule has 0 saturated carbocycles. The Morgan fingerprint density at radius 3 is 2.21 bits per heavy atom. The van der Waals surface area contributed by atoms with Crippen LogP contribution in [0.25, 0.3) is 0 Å². The summed E-state index contributed by atoms with van der Waals surface area (Å²) in [6.07, 6.45) is 0.175. The van der Waals surface area contributed by atoms with Crippen molar-refractivity contribution < 1.29 is 26.9 Å². The Balaban J connectivity index is 4.93. The number of hydroxylamine groups is 3. The van der Waals surface area contributed by atoms with E-state index in [-0.39, 0.29) is 11.3 Å². The summed E-state index contributed by atoms with van der Waals surface area (Å²) >= 11 is 0. The summed E-state index contributed by atoms with van der Waals surface area (Å²) in [4.78, 5) is 11.5. The molecule has 0 spiro atoms. The minimum absolute atomic E-state index is 0.0699. The van der Waals surface area contributed by atoms with Gasteiger partial charge in [0.1, 0.15) is 14.1 Å². The molecule has 0 aliphatic rings. The normalized spacial score (nSPS) is 13.9. The van der Waals surface area contributed by atoms with Crippen LogP contribution in [0.5, 0.6) is 0 Å². The molecule has 112 valence electrons. The zero-order chi connectivity index (χ0) is 15.3. The Bertz CT molecular complexity index is 427. The average molecular weight is 294 g/mol. The zero-order valence-electron chi connectivity index (χ0n) is 12.3. The molecule has 0 N–H and O–H groups in total. The number of carbonyl (C=O) groups excluding carboxylic acids is 1. The summed E-state index contributed by atoms with van der Waals surface area (Å²) < 4.78 is 33.3. The molecule has 0 fully saturated rings. The smallest absolute Gasteiger partial charge is 0.337 e. The van der Waals surface area contributed by atoms with Crippen LogP contribution >= 0.6 is 0 Å². The van der Waals surface area contributed by atoms with Crippen LogP contribution in [-0.2, 0) is 23.9 Å². The molecule has 0 aliphatic carbocycles. The van der Waals surface area contributed by atoms with Crippen molar-refractivity contribution in [2.45, 2.75) is 39.8 Å². The van der Waals surface area contributed by atoms with E-state index < -0.39 is 27.0 Å². The first-order valence-corrected chi connectivity index (χ1v) is 7.77. The van der Waals surface area contributed by atoms with Gasteiger partial charge >= 0.3 is 16.1 Å². The van der Waals surface area contributed by atoms with Crippen LogP contribution in [0.4, 0.5) is 0 Å². The molecule has 1 unspecified atom stereocenters. The first-order valence-electron chi connectivity index (χ1n) is 6.19. The molecule has 7 heteroatoms. The van der Waals surface area contributed by atoms with E-state index in [2.05, 4.69) is 6.58 Å². The molecule has 0 amide bonds. The van der Waals surface area contributed by atoms with Gasteiger partial charge < -0.3 is 4.74 Å². The number of nitrogens with zero attached hydrogens (tertiary/aromatic N) is 1. The number of hydrogen-bond donors (Lipinski definition) is 0. The van der Waals surface area contributed by atoms with Crippen LogP contribution in [0, 0.1) is 0 Å². The van der Waals surface area contributed by atoms with Gasteiger partial charge in [0.2, 0.25) is 0 Å². The zero-order valence-corrected chi connectivity index (χ0v) is 13.1. The van der Waals surface area contributed by atoms with Gasteiger partial charge in [0, 0.05) is 12.0 Å². The minimum Gasteiger partial charge on any atom is -0.406 e. The van der Waals surface area contributed by atoms with E-state index in [9.17, 15) is 13.2 Å². The van der Waals surface area contributed by atoms with E-state index in [1.807, 2.05) is 0 Å². The van der Waals surface area contributed by atoms with Gasteiger partial charge in [-0.3, -0.25) is 0 Å². The maximum Gasteiger partial charge on any atom is 0.337 e. The van der Waals surface area contributed by atoms with Crippen molar-refractivity contribution in [1.29, 1.82) is 0 Å². The lowest BCUT2D eigenvalue weighted by Crippen LogP contribution is -2.52. The Morgan fingerprint density at radius 2 is 1.84 bits per heavy atom. The molecule has 0 bridgehead atoms. The second-order valence-electron chi connectivity index (χ2n) is 4.82. The third kappa shape index (κ3) is 6.17. The van der Waals surface area contributed by atoms with Gasteiger partial charge in [-0.25, -0.2) is 4.79 Å². The van der Waals surface area contributed by atoms with Crippen LogP contribution in [-0.4, -0.2) is 45.1 Å². The quantitative estimate of drug-likeness (QED) is 0.223. The first kappa shape index (κ1) is 18.1. The topological polar surface area (TPSA) is 69.7 Å². The van der Waals surface area contributed by atoms with E-state index in [0.29, 0.717) is 12.8 Å². The van der Waals surface area contributed by atoms with Crippen LogP contribution in [0.1, 0.15) is 33.6 Å². The van der Waals surface area contributed by atoms with E-state index in [4.69, 9.17) is 9.02 Å². The number of ether oxygens (including phenoxy) is 1. The highest BCUT2D eigenvalue weighted by molar-refractivity contribution is 7.86. The van der Waals surface area contributed by atoms with Crippen LogP contribution < -0.4 is 0 Å². The molecule has 0 rings (SSSR count). The number of quaternary nitrogens is 1. The van der Waals surface area contributed by atoms with E-state index in [1.165, 1.54) is 21.0 Å². The fourth-order valence-corrected chi connectivity index (χ4v) is 2.76. The molecule has 0 radical (unpaired) electrons. The van der Waals surface area contributed by atoms with E-state index in [0.717, 1.165) is 0 Å². The number of esters is 1. The molecular formula is C12H24NO5S+. The highest BCUT2D eigenvalue weighted by Gasteiger charge is 2.37. The molecule has 0 aromatic heterocycles. The number of hydrogen-bond acceptors (Lipinski definition) is 5. The van der Waals surface area contributed by atoms with Gasteiger partial charge in [0.25, 0.3) is 6.23 Å². The molecule has 0 aromatic carbocycles. The summed E-state index contributed by atoms with van der Waals surface area (Å²) in [5, 5.41) is 0. The van der Waals surface area contributed by atoms with Crippen molar-refractivity contribution in [2.75, 3.05) is 19.8 Å². The van der Waals surface area contributed by atoms with Crippen LogP contribution in [0.2, 0.25) is 0 Å². The molecule has 0 heterocycles. The summed E-state index contributed by atoms with van der Waals surface area (Å²) in [6, 6.07) is 0. The Hall–Kier alpha value is -0.920. The lowest BCUT2D eigenvalue weighted by Gasteiger charge is -2.32. The molecule has 0 aromatic rings. The molecule has 1 atom stereocenters. The number of carbonyl (C=O) groups is 1.